The van der Waals surface area contributed by atoms with Crippen molar-refractivity contribution in [1.29, 1.82) is 0 Å². The Morgan fingerprint density at radius 1 is 1.50 bits per heavy atom. The highest BCUT2D eigenvalue weighted by molar-refractivity contribution is 9.10. The van der Waals surface area contributed by atoms with Crippen LogP contribution in [-0.2, 0) is 4.79 Å². The molecule has 3 nitrogen and oxygen atoms in total. The molecule has 1 aromatic carbocycles. The molecule has 0 amide bonds. The minimum Gasteiger partial charge on any atom is -0.507 e. The van der Waals surface area contributed by atoms with Crippen LogP contribution in [0.1, 0.15) is 17.9 Å². The zero-order valence-electron chi connectivity index (χ0n) is 7.27. The van der Waals surface area contributed by atoms with Crippen LogP contribution < -0.4 is 0 Å². The third-order valence-corrected chi connectivity index (χ3v) is 3.38. The fraction of sp³-hybridized carbons (Fsp3) is 0.300. The third kappa shape index (κ3) is 1.50. The maximum atomic E-state index is 10.7. The van der Waals surface area contributed by atoms with Crippen LogP contribution in [0, 0.1) is 5.92 Å². The number of carboxylic acid groups (broad SMARTS) is 1. The van der Waals surface area contributed by atoms with Gasteiger partial charge in [0.15, 0.2) is 0 Å². The van der Waals surface area contributed by atoms with Crippen LogP contribution >= 0.6 is 15.9 Å². The number of phenolic OH excluding ortho intramolecular Hbond substituents is 1. The van der Waals surface area contributed by atoms with Crippen LogP contribution in [0.2, 0.25) is 0 Å². The van der Waals surface area contributed by atoms with Gasteiger partial charge in [-0.2, -0.15) is 0 Å². The number of benzene rings is 1. The maximum Gasteiger partial charge on any atom is 0.307 e. The second-order valence-corrected chi connectivity index (χ2v) is 4.26. The third-order valence-electron chi connectivity index (χ3n) is 2.52. The maximum absolute atomic E-state index is 10.7. The van der Waals surface area contributed by atoms with E-state index in [1.54, 1.807) is 12.1 Å². The van der Waals surface area contributed by atoms with E-state index in [0.717, 1.165) is 5.56 Å². The van der Waals surface area contributed by atoms with Crippen molar-refractivity contribution in [3.63, 3.8) is 0 Å². The molecular formula is C10H9BrO3. The summed E-state index contributed by atoms with van der Waals surface area (Å²) in [7, 11) is 0. The van der Waals surface area contributed by atoms with Crippen LogP contribution in [0.4, 0.5) is 0 Å². The molecule has 14 heavy (non-hydrogen) atoms. The average Bonchev–Trinajstić information content (AvgIpc) is 2.89. The molecule has 1 fully saturated rings. The van der Waals surface area contributed by atoms with Gasteiger partial charge < -0.3 is 10.2 Å². The molecule has 1 saturated carbocycles. The van der Waals surface area contributed by atoms with Crippen molar-refractivity contribution in [3.05, 3.63) is 28.2 Å². The van der Waals surface area contributed by atoms with Crippen LogP contribution in [-0.4, -0.2) is 16.2 Å². The van der Waals surface area contributed by atoms with Gasteiger partial charge >= 0.3 is 5.97 Å². The summed E-state index contributed by atoms with van der Waals surface area (Å²) in [6, 6.07) is 5.15. The number of phenols is 1. The second-order valence-electron chi connectivity index (χ2n) is 3.47. The summed E-state index contributed by atoms with van der Waals surface area (Å²) in [5, 5.41) is 18.2. The predicted molar refractivity (Wildman–Crippen MR) is 54.3 cm³/mol. The van der Waals surface area contributed by atoms with E-state index >= 15 is 0 Å². The van der Waals surface area contributed by atoms with Gasteiger partial charge in [0.25, 0.3) is 0 Å². The fourth-order valence-corrected chi connectivity index (χ4v) is 2.19. The predicted octanol–water partition coefficient (Wildman–Crippen LogP) is 2.34. The van der Waals surface area contributed by atoms with Gasteiger partial charge in [0, 0.05) is 0 Å². The first-order valence-corrected chi connectivity index (χ1v) is 5.10. The Hall–Kier alpha value is -1.03. The monoisotopic (exact) mass is 256 g/mol. The molecule has 0 saturated heterocycles. The lowest BCUT2D eigenvalue weighted by atomic mass is 10.1. The SMILES string of the molecule is O=C(O)C1CC1c1cccc(O)c1Br. The fourth-order valence-electron chi connectivity index (χ4n) is 1.64. The van der Waals surface area contributed by atoms with E-state index in [1.807, 2.05) is 6.07 Å². The Balaban J connectivity index is 2.27. The molecule has 0 radical (unpaired) electrons. The zero-order chi connectivity index (χ0) is 10.3. The standard InChI is InChI=1S/C10H9BrO3/c11-9-5(2-1-3-8(9)12)6-4-7(6)10(13)14/h1-3,6-7,12H,4H2,(H,13,14). The molecule has 0 spiro atoms. The highest BCUT2D eigenvalue weighted by Gasteiger charge is 2.45. The molecule has 2 rings (SSSR count). The van der Waals surface area contributed by atoms with Crippen molar-refractivity contribution < 1.29 is 15.0 Å². The Kier molecular flexibility index (Phi) is 2.23. The van der Waals surface area contributed by atoms with Gasteiger partial charge in [-0.15, -0.1) is 0 Å². The lowest BCUT2D eigenvalue weighted by molar-refractivity contribution is -0.138. The molecule has 1 aliphatic rings. The lowest BCUT2D eigenvalue weighted by Crippen LogP contribution is -1.99. The number of aromatic hydroxyl groups is 1. The molecule has 2 unspecified atom stereocenters. The van der Waals surface area contributed by atoms with E-state index in [4.69, 9.17) is 5.11 Å². The van der Waals surface area contributed by atoms with E-state index < -0.39 is 5.97 Å². The van der Waals surface area contributed by atoms with Crippen LogP contribution in [0.25, 0.3) is 0 Å². The Bertz CT molecular complexity index is 389. The Morgan fingerprint density at radius 2 is 2.21 bits per heavy atom. The molecule has 0 aromatic heterocycles. The van der Waals surface area contributed by atoms with Crippen molar-refractivity contribution in [3.8, 4) is 5.75 Å². The topological polar surface area (TPSA) is 57.5 Å². The van der Waals surface area contributed by atoms with Gasteiger partial charge in [-0.25, -0.2) is 0 Å². The first-order valence-electron chi connectivity index (χ1n) is 4.31. The first kappa shape index (κ1) is 9.52. The van der Waals surface area contributed by atoms with Crippen LogP contribution in [0.5, 0.6) is 5.75 Å². The van der Waals surface area contributed by atoms with E-state index in [1.165, 1.54) is 0 Å². The summed E-state index contributed by atoms with van der Waals surface area (Å²) in [6.45, 7) is 0. The van der Waals surface area contributed by atoms with E-state index in [9.17, 15) is 9.90 Å². The lowest BCUT2D eigenvalue weighted by Gasteiger charge is -2.03. The normalized spacial score (nSPS) is 24.6. The van der Waals surface area contributed by atoms with Crippen LogP contribution in [0.3, 0.4) is 0 Å². The summed E-state index contributed by atoms with van der Waals surface area (Å²) in [6.07, 6.45) is 0.664. The molecule has 0 heterocycles. The summed E-state index contributed by atoms with van der Waals surface area (Å²) in [4.78, 5) is 10.7. The van der Waals surface area contributed by atoms with Gasteiger partial charge in [0.2, 0.25) is 0 Å². The van der Waals surface area contributed by atoms with Crippen molar-refractivity contribution in [1.82, 2.24) is 0 Å². The smallest absolute Gasteiger partial charge is 0.307 e. The van der Waals surface area contributed by atoms with Crippen molar-refractivity contribution >= 4 is 21.9 Å². The summed E-state index contributed by atoms with van der Waals surface area (Å²) in [5.74, 6) is -0.828. The average molecular weight is 257 g/mol. The zero-order valence-corrected chi connectivity index (χ0v) is 8.86. The molecular weight excluding hydrogens is 248 g/mol. The number of halogens is 1. The molecule has 0 aliphatic heterocycles. The quantitative estimate of drug-likeness (QED) is 0.854. The van der Waals surface area contributed by atoms with Gasteiger partial charge in [-0.05, 0) is 39.9 Å². The van der Waals surface area contributed by atoms with Gasteiger partial charge in [0.1, 0.15) is 5.75 Å². The minimum absolute atomic E-state index is 0.0500. The van der Waals surface area contributed by atoms with E-state index in [2.05, 4.69) is 15.9 Å². The van der Waals surface area contributed by atoms with Crippen molar-refractivity contribution in [2.75, 3.05) is 0 Å². The van der Waals surface area contributed by atoms with Gasteiger partial charge in [-0.1, -0.05) is 12.1 Å². The molecule has 1 aromatic rings. The molecule has 4 heteroatoms. The van der Waals surface area contributed by atoms with Crippen molar-refractivity contribution in [2.24, 2.45) is 5.92 Å². The molecule has 2 N–H and O–H groups in total. The van der Waals surface area contributed by atoms with Gasteiger partial charge in [-0.3, -0.25) is 4.79 Å². The summed E-state index contributed by atoms with van der Waals surface area (Å²) in [5.41, 5.74) is 0.886. The van der Waals surface area contributed by atoms with Crippen molar-refractivity contribution in [2.45, 2.75) is 12.3 Å². The van der Waals surface area contributed by atoms with Crippen LogP contribution in [0.15, 0.2) is 22.7 Å². The number of rotatable bonds is 2. The number of carbonyl (C=O) groups is 1. The highest BCUT2D eigenvalue weighted by Crippen LogP contribution is 2.50. The summed E-state index contributed by atoms with van der Waals surface area (Å²) >= 11 is 3.25. The second kappa shape index (κ2) is 3.28. The summed E-state index contributed by atoms with van der Waals surface area (Å²) < 4.78 is 0.619. The van der Waals surface area contributed by atoms with E-state index in [0.29, 0.717) is 10.9 Å². The number of hydrogen-bond donors (Lipinski definition) is 2. The van der Waals surface area contributed by atoms with E-state index in [-0.39, 0.29) is 17.6 Å². The van der Waals surface area contributed by atoms with Gasteiger partial charge in [0.05, 0.1) is 10.4 Å². The number of carboxylic acids is 1. The largest absolute Gasteiger partial charge is 0.507 e. The molecule has 74 valence electrons. The number of hydrogen-bond acceptors (Lipinski definition) is 2. The highest BCUT2D eigenvalue weighted by atomic mass is 79.9. The molecule has 0 bridgehead atoms. The molecule has 1 aliphatic carbocycles. The Labute approximate surface area is 89.5 Å². The minimum atomic E-state index is -0.759. The Morgan fingerprint density at radius 3 is 2.79 bits per heavy atom. The molecule has 2 atom stereocenters. The number of aliphatic carboxylic acids is 1. The first-order chi connectivity index (χ1) is 6.61.